The minimum absolute atomic E-state index is 0.113. The number of halogens is 3. The predicted molar refractivity (Wildman–Crippen MR) is 93.6 cm³/mol. The zero-order valence-electron chi connectivity index (χ0n) is 14.2. The van der Waals surface area contributed by atoms with Crippen LogP contribution in [0.25, 0.3) is 0 Å². The average Bonchev–Trinajstić information content (AvgIpc) is 3.10. The summed E-state index contributed by atoms with van der Waals surface area (Å²) in [5, 5.41) is 2.51. The second kappa shape index (κ2) is 7.68. The van der Waals surface area contributed by atoms with Gasteiger partial charge in [0.25, 0.3) is 0 Å². The maximum atomic E-state index is 13.4. The second-order valence-electron chi connectivity index (χ2n) is 5.93. The molecular weight excluding hydrogens is 345 g/mol. The quantitative estimate of drug-likeness (QED) is 0.815. The summed E-state index contributed by atoms with van der Waals surface area (Å²) in [5.74, 6) is 0.690. The number of hydrogen-bond acceptors (Lipinski definition) is 4. The molecule has 0 radical (unpaired) electrons. The molecule has 1 aliphatic heterocycles. The Labute approximate surface area is 149 Å². The minimum Gasteiger partial charge on any atom is -0.497 e. The number of rotatable bonds is 6. The van der Waals surface area contributed by atoms with E-state index in [0.29, 0.717) is 11.4 Å². The average molecular weight is 364 g/mol. The molecule has 0 spiro atoms. The third-order valence-corrected chi connectivity index (χ3v) is 4.10. The molecule has 4 nitrogen and oxygen atoms in total. The van der Waals surface area contributed by atoms with Crippen LogP contribution < -0.4 is 10.1 Å². The molecular formula is C19H19F3N2O2. The number of methoxy groups -OCH3 is 1. The van der Waals surface area contributed by atoms with Crippen LogP contribution in [-0.2, 0) is 4.74 Å². The van der Waals surface area contributed by atoms with E-state index in [4.69, 9.17) is 9.47 Å². The number of nitrogens with one attached hydrogen (secondary N) is 1. The van der Waals surface area contributed by atoms with Gasteiger partial charge in [0.2, 0.25) is 0 Å². The first-order valence-electron chi connectivity index (χ1n) is 8.17. The summed E-state index contributed by atoms with van der Waals surface area (Å²) in [6, 6.07) is 13.6. The summed E-state index contributed by atoms with van der Waals surface area (Å²) < 4.78 is 50.7. The first-order valence-corrected chi connectivity index (χ1v) is 8.17. The van der Waals surface area contributed by atoms with Crippen molar-refractivity contribution >= 4 is 11.6 Å². The van der Waals surface area contributed by atoms with Crippen molar-refractivity contribution in [3.8, 4) is 5.75 Å². The van der Waals surface area contributed by atoms with E-state index in [2.05, 4.69) is 10.3 Å². The Morgan fingerprint density at radius 3 is 2.46 bits per heavy atom. The molecule has 1 heterocycles. The molecule has 1 aliphatic rings. The van der Waals surface area contributed by atoms with Crippen LogP contribution in [0.3, 0.4) is 0 Å². The summed E-state index contributed by atoms with van der Waals surface area (Å²) in [6.07, 6.45) is -4.80. The molecule has 0 saturated carbocycles. The Hall–Kier alpha value is -2.70. The molecule has 0 unspecified atom stereocenters. The Balaban J connectivity index is 1.70. The van der Waals surface area contributed by atoms with Gasteiger partial charge in [-0.1, -0.05) is 30.3 Å². The highest BCUT2D eigenvalue weighted by molar-refractivity contribution is 5.79. The van der Waals surface area contributed by atoms with Gasteiger partial charge in [0.05, 0.1) is 13.5 Å². The van der Waals surface area contributed by atoms with Crippen molar-refractivity contribution in [1.29, 1.82) is 0 Å². The van der Waals surface area contributed by atoms with Crippen LogP contribution >= 0.6 is 0 Å². The van der Waals surface area contributed by atoms with E-state index in [-0.39, 0.29) is 25.0 Å². The van der Waals surface area contributed by atoms with Gasteiger partial charge in [0.1, 0.15) is 24.4 Å². The summed E-state index contributed by atoms with van der Waals surface area (Å²) in [4.78, 5) is 4.32. The molecule has 0 amide bonds. The molecule has 26 heavy (non-hydrogen) atoms. The van der Waals surface area contributed by atoms with E-state index in [9.17, 15) is 13.2 Å². The van der Waals surface area contributed by atoms with Gasteiger partial charge in [-0.05, 0) is 29.8 Å². The van der Waals surface area contributed by atoms with Gasteiger partial charge in [0.15, 0.2) is 5.90 Å². The highest BCUT2D eigenvalue weighted by Gasteiger charge is 2.41. The lowest BCUT2D eigenvalue weighted by Crippen LogP contribution is -2.38. The number of hydrogen-bond donors (Lipinski definition) is 1. The first kappa shape index (κ1) is 18.1. The largest absolute Gasteiger partial charge is 0.497 e. The number of ether oxygens (including phenoxy) is 2. The maximum absolute atomic E-state index is 13.4. The van der Waals surface area contributed by atoms with Crippen LogP contribution in [0.4, 0.5) is 18.9 Å². The van der Waals surface area contributed by atoms with Gasteiger partial charge < -0.3 is 14.8 Å². The normalized spacial score (nSPS) is 18.0. The minimum atomic E-state index is -4.43. The predicted octanol–water partition coefficient (Wildman–Crippen LogP) is 4.60. The van der Waals surface area contributed by atoms with E-state index in [1.807, 2.05) is 30.3 Å². The van der Waals surface area contributed by atoms with Crippen LogP contribution in [-0.4, -0.2) is 31.8 Å². The molecule has 1 N–H and O–H groups in total. The molecule has 3 rings (SSSR count). The summed E-state index contributed by atoms with van der Waals surface area (Å²) in [5.41, 5.74) is 1.28. The van der Waals surface area contributed by atoms with Gasteiger partial charge in [0, 0.05) is 5.69 Å². The van der Waals surface area contributed by atoms with Crippen molar-refractivity contribution in [2.24, 2.45) is 4.99 Å². The van der Waals surface area contributed by atoms with E-state index in [1.165, 1.54) is 7.11 Å². The van der Waals surface area contributed by atoms with E-state index >= 15 is 0 Å². The van der Waals surface area contributed by atoms with Crippen LogP contribution in [0.2, 0.25) is 0 Å². The number of anilines is 1. The monoisotopic (exact) mass is 364 g/mol. The second-order valence-corrected chi connectivity index (χ2v) is 5.93. The highest BCUT2D eigenvalue weighted by atomic mass is 19.4. The molecule has 2 aromatic carbocycles. The summed E-state index contributed by atoms with van der Waals surface area (Å²) >= 11 is 0. The van der Waals surface area contributed by atoms with Crippen molar-refractivity contribution in [2.45, 2.75) is 24.7 Å². The molecule has 0 fully saturated rings. The smallest absolute Gasteiger partial charge is 0.409 e. The van der Waals surface area contributed by atoms with Crippen LogP contribution in [0, 0.1) is 0 Å². The number of alkyl halides is 3. The lowest BCUT2D eigenvalue weighted by Gasteiger charge is -2.22. The zero-order chi connectivity index (χ0) is 18.6. The van der Waals surface area contributed by atoms with Crippen molar-refractivity contribution in [1.82, 2.24) is 0 Å². The lowest BCUT2D eigenvalue weighted by atomic mass is 10.1. The van der Waals surface area contributed by atoms with Crippen molar-refractivity contribution in [2.75, 3.05) is 19.0 Å². The van der Waals surface area contributed by atoms with E-state index in [1.54, 1.807) is 24.3 Å². The molecule has 2 aromatic rings. The number of benzene rings is 2. The topological polar surface area (TPSA) is 42.8 Å². The van der Waals surface area contributed by atoms with Crippen molar-refractivity contribution in [3.05, 3.63) is 60.2 Å². The Kier molecular flexibility index (Phi) is 5.35. The van der Waals surface area contributed by atoms with E-state index in [0.717, 1.165) is 5.56 Å². The third kappa shape index (κ3) is 4.47. The Morgan fingerprint density at radius 2 is 1.85 bits per heavy atom. The molecule has 7 heteroatoms. The molecule has 0 saturated heterocycles. The SMILES string of the molecule is COc1ccc(N[C@@H](CC2=N[C@H](c3ccccc3)CO2)C(F)(F)F)cc1. The molecule has 0 bridgehead atoms. The number of aliphatic imine (C=N–C) groups is 1. The van der Waals surface area contributed by atoms with Gasteiger partial charge in [-0.2, -0.15) is 13.2 Å². The van der Waals surface area contributed by atoms with Crippen molar-refractivity contribution in [3.63, 3.8) is 0 Å². The summed E-state index contributed by atoms with van der Waals surface area (Å²) in [7, 11) is 1.50. The Morgan fingerprint density at radius 1 is 1.15 bits per heavy atom. The molecule has 138 valence electrons. The zero-order valence-corrected chi connectivity index (χ0v) is 14.2. The molecule has 0 aromatic heterocycles. The fourth-order valence-corrected chi connectivity index (χ4v) is 2.69. The van der Waals surface area contributed by atoms with Crippen LogP contribution in [0.1, 0.15) is 18.0 Å². The lowest BCUT2D eigenvalue weighted by molar-refractivity contribution is -0.141. The van der Waals surface area contributed by atoms with Gasteiger partial charge >= 0.3 is 6.18 Å². The Bertz CT molecular complexity index is 746. The number of nitrogens with zero attached hydrogens (tertiary/aromatic N) is 1. The van der Waals surface area contributed by atoms with E-state index < -0.39 is 12.2 Å². The fraction of sp³-hybridized carbons (Fsp3) is 0.316. The van der Waals surface area contributed by atoms with Gasteiger partial charge in [-0.3, -0.25) is 0 Å². The van der Waals surface area contributed by atoms with Crippen LogP contribution in [0.15, 0.2) is 59.6 Å². The summed E-state index contributed by atoms with van der Waals surface area (Å²) in [6.45, 7) is 0.256. The third-order valence-electron chi connectivity index (χ3n) is 4.10. The standard InChI is InChI=1S/C19H19F3N2O2/c1-25-15-9-7-14(8-10-15)23-17(19(20,21)22)11-18-24-16(12-26-18)13-5-3-2-4-6-13/h2-10,16-17,23H,11-12H2,1H3/t16-,17-/m0/s1. The van der Waals surface area contributed by atoms with Gasteiger partial charge in [-0.25, -0.2) is 4.99 Å². The molecule has 0 aliphatic carbocycles. The highest BCUT2D eigenvalue weighted by Crippen LogP contribution is 2.30. The van der Waals surface area contributed by atoms with Crippen molar-refractivity contribution < 1.29 is 22.6 Å². The van der Waals surface area contributed by atoms with Gasteiger partial charge in [-0.15, -0.1) is 0 Å². The molecule has 2 atom stereocenters. The first-order chi connectivity index (χ1) is 12.5. The fourth-order valence-electron chi connectivity index (χ4n) is 2.69. The van der Waals surface area contributed by atoms with Crippen LogP contribution in [0.5, 0.6) is 5.75 Å². The maximum Gasteiger partial charge on any atom is 0.409 e.